The van der Waals surface area contributed by atoms with Crippen LogP contribution < -0.4 is 15.4 Å². The maximum Gasteiger partial charge on any atom is 0.247 e. The quantitative estimate of drug-likeness (QED) is 0.340. The molecule has 5 atom stereocenters. The molecule has 3 rings (SSSR count). The number of amides is 3. The first kappa shape index (κ1) is 25.7. The van der Waals surface area contributed by atoms with Gasteiger partial charge in [-0.05, 0) is 49.4 Å². The fourth-order valence-corrected chi connectivity index (χ4v) is 5.29. The summed E-state index contributed by atoms with van der Waals surface area (Å²) in [5.74, 6) is -1.30. The van der Waals surface area contributed by atoms with Crippen molar-refractivity contribution in [2.24, 2.45) is 23.7 Å². The lowest BCUT2D eigenvalue weighted by Crippen LogP contribution is -2.45. The molecule has 0 radical (unpaired) electrons. The van der Waals surface area contributed by atoms with Crippen molar-refractivity contribution in [1.29, 1.82) is 0 Å². The van der Waals surface area contributed by atoms with Crippen LogP contribution in [0.25, 0.3) is 0 Å². The van der Waals surface area contributed by atoms with Crippen LogP contribution in [0.15, 0.2) is 36.4 Å². The van der Waals surface area contributed by atoms with Crippen molar-refractivity contribution in [3.8, 4) is 5.75 Å². The molecule has 3 amide bonds. The standard InChI is InChI=1S/C26H37N3O5/c1-4-17-9-14-20-22(21(17)24(31)27-2)26(33)29(15-7-5-6-8-16-30)23(20)25(32)28-18-10-12-19(34-3)13-11-18/h9-14,17,20-23,30H,4-8,15-16H2,1-3H3,(H,27,31)(H,28,32)/t17-,20+,21-,22-,23+/m1/s1. The van der Waals surface area contributed by atoms with Gasteiger partial charge in [-0.2, -0.15) is 0 Å². The summed E-state index contributed by atoms with van der Waals surface area (Å²) in [7, 11) is 3.17. The van der Waals surface area contributed by atoms with E-state index in [1.165, 1.54) is 0 Å². The Morgan fingerprint density at radius 1 is 1.06 bits per heavy atom. The Morgan fingerprint density at radius 2 is 1.76 bits per heavy atom. The van der Waals surface area contributed by atoms with Crippen molar-refractivity contribution in [2.75, 3.05) is 32.6 Å². The Bertz CT molecular complexity index is 885. The highest BCUT2D eigenvalue weighted by atomic mass is 16.5. The van der Waals surface area contributed by atoms with Gasteiger partial charge in [0.2, 0.25) is 17.7 Å². The third-order valence-electron chi connectivity index (χ3n) is 7.07. The molecule has 186 valence electrons. The molecular weight excluding hydrogens is 434 g/mol. The summed E-state index contributed by atoms with van der Waals surface area (Å²) in [4.78, 5) is 41.7. The Balaban J connectivity index is 1.87. The van der Waals surface area contributed by atoms with E-state index in [2.05, 4.69) is 10.6 Å². The number of fused-ring (bicyclic) bond motifs is 1. The Labute approximate surface area is 201 Å². The van der Waals surface area contributed by atoms with Gasteiger partial charge in [-0.1, -0.05) is 31.9 Å². The largest absolute Gasteiger partial charge is 0.497 e. The van der Waals surface area contributed by atoms with Crippen molar-refractivity contribution in [3.05, 3.63) is 36.4 Å². The van der Waals surface area contributed by atoms with Gasteiger partial charge in [0.25, 0.3) is 0 Å². The first-order valence-electron chi connectivity index (χ1n) is 12.2. The topological polar surface area (TPSA) is 108 Å². The van der Waals surface area contributed by atoms with Gasteiger partial charge in [0, 0.05) is 31.8 Å². The SMILES string of the molecule is CC[C@@H]1C=C[C@H]2[C@@H](C(=O)N(CCCCCCO)[C@@H]2C(=O)Nc2ccc(OC)cc2)[C@@H]1C(=O)NC. The first-order valence-corrected chi connectivity index (χ1v) is 12.2. The number of nitrogens with one attached hydrogen (secondary N) is 2. The highest BCUT2D eigenvalue weighted by molar-refractivity contribution is 6.01. The predicted octanol–water partition coefficient (Wildman–Crippen LogP) is 2.59. The predicted molar refractivity (Wildman–Crippen MR) is 130 cm³/mol. The van der Waals surface area contributed by atoms with Crippen LogP contribution in [0.3, 0.4) is 0 Å². The van der Waals surface area contributed by atoms with Crippen LogP contribution in [0.4, 0.5) is 5.69 Å². The van der Waals surface area contributed by atoms with Crippen molar-refractivity contribution >= 4 is 23.4 Å². The highest BCUT2D eigenvalue weighted by Crippen LogP contribution is 2.45. The van der Waals surface area contributed by atoms with Gasteiger partial charge in [-0.25, -0.2) is 0 Å². The lowest BCUT2D eigenvalue weighted by Gasteiger charge is -2.33. The minimum absolute atomic E-state index is 0.0417. The Hall–Kier alpha value is -2.87. The average Bonchev–Trinajstić information content (AvgIpc) is 3.14. The summed E-state index contributed by atoms with van der Waals surface area (Å²) >= 11 is 0. The molecule has 8 heteroatoms. The molecule has 1 aromatic carbocycles. The Kier molecular flexibility index (Phi) is 9.10. The fraction of sp³-hybridized carbons (Fsp3) is 0.577. The average molecular weight is 472 g/mol. The molecule has 0 spiro atoms. The molecule has 0 aromatic heterocycles. The van der Waals surface area contributed by atoms with E-state index in [1.54, 1.807) is 43.3 Å². The molecule has 0 unspecified atom stereocenters. The zero-order chi connectivity index (χ0) is 24.7. The molecule has 1 aromatic rings. The van der Waals surface area contributed by atoms with Gasteiger partial charge >= 0.3 is 0 Å². The molecule has 2 aliphatic rings. The van der Waals surface area contributed by atoms with Crippen molar-refractivity contribution < 1.29 is 24.2 Å². The maximum atomic E-state index is 13.7. The number of hydrogen-bond donors (Lipinski definition) is 3. The number of aliphatic hydroxyl groups is 1. The van der Waals surface area contributed by atoms with Gasteiger partial charge in [0.15, 0.2) is 0 Å². The number of allylic oxidation sites excluding steroid dienone is 1. The number of rotatable bonds is 11. The van der Waals surface area contributed by atoms with E-state index in [4.69, 9.17) is 9.84 Å². The van der Waals surface area contributed by atoms with E-state index >= 15 is 0 Å². The normalized spacial score (nSPS) is 25.7. The molecule has 8 nitrogen and oxygen atoms in total. The number of benzene rings is 1. The fourth-order valence-electron chi connectivity index (χ4n) is 5.29. The molecule has 3 N–H and O–H groups in total. The van der Waals surface area contributed by atoms with Gasteiger partial charge in [-0.3, -0.25) is 14.4 Å². The zero-order valence-electron chi connectivity index (χ0n) is 20.3. The highest BCUT2D eigenvalue weighted by Gasteiger charge is 2.56. The third kappa shape index (κ3) is 5.43. The van der Waals surface area contributed by atoms with Gasteiger partial charge in [-0.15, -0.1) is 0 Å². The van der Waals surface area contributed by atoms with Gasteiger partial charge in [0.05, 0.1) is 18.9 Å². The molecule has 1 aliphatic carbocycles. The lowest BCUT2D eigenvalue weighted by molar-refractivity contribution is -0.140. The monoisotopic (exact) mass is 471 g/mol. The third-order valence-corrected chi connectivity index (χ3v) is 7.07. The maximum absolute atomic E-state index is 13.7. The van der Waals surface area contributed by atoms with Crippen LogP contribution >= 0.6 is 0 Å². The first-order chi connectivity index (χ1) is 16.5. The van der Waals surface area contributed by atoms with E-state index in [0.29, 0.717) is 18.0 Å². The molecule has 1 saturated heterocycles. The Morgan fingerprint density at radius 3 is 2.38 bits per heavy atom. The van der Waals surface area contributed by atoms with Crippen molar-refractivity contribution in [2.45, 2.75) is 45.1 Å². The minimum atomic E-state index is -0.682. The number of likely N-dealkylation sites (tertiary alicyclic amines) is 1. The molecule has 34 heavy (non-hydrogen) atoms. The number of hydrogen-bond acceptors (Lipinski definition) is 5. The second-order valence-electron chi connectivity index (χ2n) is 9.03. The van der Waals surface area contributed by atoms with Crippen LogP contribution in [0, 0.1) is 23.7 Å². The number of nitrogens with zero attached hydrogens (tertiary/aromatic N) is 1. The summed E-state index contributed by atoms with van der Waals surface area (Å²) in [6, 6.07) is 6.39. The van der Waals surface area contributed by atoms with Gasteiger partial charge in [0.1, 0.15) is 11.8 Å². The summed E-state index contributed by atoms with van der Waals surface area (Å²) in [5.41, 5.74) is 0.624. The summed E-state index contributed by atoms with van der Waals surface area (Å²) in [6.07, 6.45) is 7.91. The zero-order valence-corrected chi connectivity index (χ0v) is 20.3. The van der Waals surface area contributed by atoms with Crippen molar-refractivity contribution in [1.82, 2.24) is 10.2 Å². The summed E-state index contributed by atoms with van der Waals surface area (Å²) < 4.78 is 5.19. The number of aliphatic hydroxyl groups excluding tert-OH is 1. The second-order valence-corrected chi connectivity index (χ2v) is 9.03. The van der Waals surface area contributed by atoms with Crippen LogP contribution in [0.2, 0.25) is 0 Å². The van der Waals surface area contributed by atoms with E-state index in [0.717, 1.165) is 32.1 Å². The molecule has 1 aliphatic heterocycles. The number of anilines is 1. The molecular formula is C26H37N3O5. The van der Waals surface area contributed by atoms with Crippen LogP contribution in [0.5, 0.6) is 5.75 Å². The summed E-state index contributed by atoms with van der Waals surface area (Å²) in [5, 5.41) is 14.7. The van der Waals surface area contributed by atoms with E-state index in [9.17, 15) is 14.4 Å². The van der Waals surface area contributed by atoms with Crippen molar-refractivity contribution in [3.63, 3.8) is 0 Å². The number of carbonyl (C=O) groups is 3. The summed E-state index contributed by atoms with van der Waals surface area (Å²) in [6.45, 7) is 2.61. The van der Waals surface area contributed by atoms with E-state index in [-0.39, 0.29) is 36.2 Å². The molecule has 1 fully saturated rings. The minimum Gasteiger partial charge on any atom is -0.497 e. The number of unbranched alkanes of at least 4 members (excludes halogenated alkanes) is 3. The second kappa shape index (κ2) is 12.0. The van der Waals surface area contributed by atoms with Gasteiger partial charge < -0.3 is 25.4 Å². The van der Waals surface area contributed by atoms with E-state index in [1.807, 2.05) is 19.1 Å². The lowest BCUT2D eigenvalue weighted by atomic mass is 9.69. The van der Waals surface area contributed by atoms with E-state index < -0.39 is 17.9 Å². The smallest absolute Gasteiger partial charge is 0.247 e. The van der Waals surface area contributed by atoms with Crippen LogP contribution in [-0.4, -0.2) is 61.1 Å². The number of ether oxygens (including phenoxy) is 1. The molecule has 1 heterocycles. The molecule has 0 saturated carbocycles. The van der Waals surface area contributed by atoms with Crippen LogP contribution in [-0.2, 0) is 14.4 Å². The van der Waals surface area contributed by atoms with Crippen LogP contribution in [0.1, 0.15) is 39.0 Å². The molecule has 0 bridgehead atoms. The number of methoxy groups -OCH3 is 1. The number of carbonyl (C=O) groups excluding carboxylic acids is 3.